The average molecular weight is 353 g/mol. The summed E-state index contributed by atoms with van der Waals surface area (Å²) in [4.78, 5) is 11.8. The van der Waals surface area contributed by atoms with Crippen LogP contribution in [0.3, 0.4) is 0 Å². The maximum absolute atomic E-state index is 11.8. The van der Waals surface area contributed by atoms with Crippen LogP contribution < -0.4 is 10.6 Å². The summed E-state index contributed by atoms with van der Waals surface area (Å²) >= 11 is 5.78. The lowest BCUT2D eigenvalue weighted by molar-refractivity contribution is 0.251. The van der Waals surface area contributed by atoms with Gasteiger partial charge in [0, 0.05) is 23.5 Å². The van der Waals surface area contributed by atoms with Crippen molar-refractivity contribution >= 4 is 33.2 Å². The second-order valence-corrected chi connectivity index (χ2v) is 7.78. The van der Waals surface area contributed by atoms with Crippen LogP contribution in [0.5, 0.6) is 0 Å². The van der Waals surface area contributed by atoms with Crippen LogP contribution in [-0.2, 0) is 22.1 Å². The molecule has 0 aromatic heterocycles. The van der Waals surface area contributed by atoms with Gasteiger partial charge in [-0.3, -0.25) is 0 Å². The summed E-state index contributed by atoms with van der Waals surface area (Å²) < 4.78 is 22.4. The lowest BCUT2D eigenvalue weighted by Crippen LogP contribution is -2.28. The third-order valence-corrected chi connectivity index (χ3v) is 4.12. The molecule has 7 heteroatoms. The molecule has 0 spiro atoms. The topological polar surface area (TPSA) is 75.3 Å². The molecule has 2 rings (SSSR count). The van der Waals surface area contributed by atoms with Gasteiger partial charge >= 0.3 is 6.03 Å². The molecule has 23 heavy (non-hydrogen) atoms. The number of carbonyl (C=O) groups excluding carboxylic acids is 1. The fourth-order valence-corrected chi connectivity index (χ4v) is 2.87. The lowest BCUT2D eigenvalue weighted by atomic mass is 10.1. The predicted octanol–water partition coefficient (Wildman–Crippen LogP) is 3.21. The molecule has 0 saturated carbocycles. The number of hydrogen-bond donors (Lipinski definition) is 2. The van der Waals surface area contributed by atoms with Gasteiger partial charge in [-0.15, -0.1) is 0 Å². The molecule has 2 aromatic rings. The van der Waals surface area contributed by atoms with Crippen molar-refractivity contribution in [2.45, 2.75) is 12.3 Å². The fourth-order valence-electron chi connectivity index (χ4n) is 1.95. The van der Waals surface area contributed by atoms with E-state index in [9.17, 15) is 13.2 Å². The predicted molar refractivity (Wildman–Crippen MR) is 92.3 cm³/mol. The van der Waals surface area contributed by atoms with Gasteiger partial charge in [-0.25, -0.2) is 13.2 Å². The summed E-state index contributed by atoms with van der Waals surface area (Å²) in [6.45, 7) is 0.346. The first-order valence-corrected chi connectivity index (χ1v) is 9.32. The van der Waals surface area contributed by atoms with Crippen molar-refractivity contribution in [1.82, 2.24) is 5.32 Å². The molecular weight excluding hydrogens is 336 g/mol. The molecule has 0 unspecified atom stereocenters. The second-order valence-electron chi connectivity index (χ2n) is 5.20. The van der Waals surface area contributed by atoms with Crippen molar-refractivity contribution < 1.29 is 13.2 Å². The summed E-state index contributed by atoms with van der Waals surface area (Å²) in [6, 6.07) is 13.6. The highest BCUT2D eigenvalue weighted by Crippen LogP contribution is 2.13. The molecule has 5 nitrogen and oxygen atoms in total. The SMILES string of the molecule is CS(=O)(=O)Cc1ccc(CNC(=O)Nc2ccc(Cl)cc2)cc1. The van der Waals surface area contributed by atoms with Gasteiger partial charge in [-0.1, -0.05) is 35.9 Å². The van der Waals surface area contributed by atoms with Crippen LogP contribution in [0, 0.1) is 0 Å². The molecule has 0 aliphatic carbocycles. The minimum Gasteiger partial charge on any atom is -0.334 e. The Kier molecular flexibility index (Phi) is 5.63. The Morgan fingerprint density at radius 2 is 1.57 bits per heavy atom. The van der Waals surface area contributed by atoms with Crippen LogP contribution in [0.25, 0.3) is 0 Å². The molecule has 0 aliphatic heterocycles. The van der Waals surface area contributed by atoms with Crippen LogP contribution in [0.4, 0.5) is 10.5 Å². The average Bonchev–Trinajstić information content (AvgIpc) is 2.47. The van der Waals surface area contributed by atoms with Crippen LogP contribution in [0.15, 0.2) is 48.5 Å². The molecule has 0 atom stereocenters. The summed E-state index contributed by atoms with van der Waals surface area (Å²) in [5.41, 5.74) is 2.26. The van der Waals surface area contributed by atoms with Crippen molar-refractivity contribution in [3.05, 3.63) is 64.7 Å². The molecule has 2 amide bonds. The number of anilines is 1. The third-order valence-electron chi connectivity index (χ3n) is 3.01. The van der Waals surface area contributed by atoms with E-state index in [4.69, 9.17) is 11.6 Å². The van der Waals surface area contributed by atoms with E-state index in [0.717, 1.165) is 11.1 Å². The van der Waals surface area contributed by atoms with Crippen molar-refractivity contribution in [2.24, 2.45) is 0 Å². The van der Waals surface area contributed by atoms with Gasteiger partial charge in [0.1, 0.15) is 0 Å². The highest BCUT2D eigenvalue weighted by atomic mass is 35.5. The smallest absolute Gasteiger partial charge is 0.319 e. The van der Waals surface area contributed by atoms with E-state index < -0.39 is 9.84 Å². The minimum absolute atomic E-state index is 0.0117. The zero-order valence-electron chi connectivity index (χ0n) is 12.5. The highest BCUT2D eigenvalue weighted by Gasteiger charge is 2.05. The van der Waals surface area contributed by atoms with Gasteiger partial charge in [0.25, 0.3) is 0 Å². The number of benzene rings is 2. The van der Waals surface area contributed by atoms with Crippen LogP contribution in [-0.4, -0.2) is 20.7 Å². The standard InChI is InChI=1S/C16H17ClN2O3S/c1-23(21,22)11-13-4-2-12(3-5-13)10-18-16(20)19-15-8-6-14(17)7-9-15/h2-9H,10-11H2,1H3,(H2,18,19,20). The summed E-state index contributed by atoms with van der Waals surface area (Å²) in [7, 11) is -3.04. The Morgan fingerprint density at radius 1 is 1.00 bits per heavy atom. The number of nitrogens with one attached hydrogen (secondary N) is 2. The normalized spacial score (nSPS) is 11.0. The van der Waals surface area contributed by atoms with Crippen LogP contribution in [0.1, 0.15) is 11.1 Å². The first-order chi connectivity index (χ1) is 10.8. The molecule has 0 aliphatic rings. The van der Waals surface area contributed by atoms with Crippen molar-refractivity contribution in [3.63, 3.8) is 0 Å². The van der Waals surface area contributed by atoms with Gasteiger partial charge < -0.3 is 10.6 Å². The van der Waals surface area contributed by atoms with E-state index in [1.165, 1.54) is 6.26 Å². The Hall–Kier alpha value is -2.05. The van der Waals surface area contributed by atoms with Gasteiger partial charge in [-0.05, 0) is 35.4 Å². The van der Waals surface area contributed by atoms with E-state index in [0.29, 0.717) is 17.3 Å². The number of halogens is 1. The molecule has 122 valence electrons. The van der Waals surface area contributed by atoms with E-state index in [1.54, 1.807) is 48.5 Å². The molecule has 0 radical (unpaired) electrons. The molecule has 0 fully saturated rings. The Balaban J connectivity index is 1.85. The number of hydrogen-bond acceptors (Lipinski definition) is 3. The molecule has 2 N–H and O–H groups in total. The zero-order chi connectivity index (χ0) is 16.9. The quantitative estimate of drug-likeness (QED) is 0.867. The number of sulfone groups is 1. The largest absolute Gasteiger partial charge is 0.334 e. The first kappa shape index (κ1) is 17.3. The van der Waals surface area contributed by atoms with E-state index in [1.807, 2.05) is 0 Å². The van der Waals surface area contributed by atoms with Crippen molar-refractivity contribution in [3.8, 4) is 0 Å². The van der Waals surface area contributed by atoms with E-state index in [-0.39, 0.29) is 11.8 Å². The summed E-state index contributed by atoms with van der Waals surface area (Å²) in [6.07, 6.45) is 1.20. The van der Waals surface area contributed by atoms with Crippen molar-refractivity contribution in [1.29, 1.82) is 0 Å². The fraction of sp³-hybridized carbons (Fsp3) is 0.188. The van der Waals surface area contributed by atoms with Gasteiger partial charge in [0.15, 0.2) is 9.84 Å². The second kappa shape index (κ2) is 7.48. The van der Waals surface area contributed by atoms with E-state index >= 15 is 0 Å². The maximum Gasteiger partial charge on any atom is 0.319 e. The van der Waals surface area contributed by atoms with Crippen LogP contribution in [0.2, 0.25) is 5.02 Å². The van der Waals surface area contributed by atoms with Gasteiger partial charge in [0.05, 0.1) is 5.75 Å². The molecule has 0 bridgehead atoms. The monoisotopic (exact) mass is 352 g/mol. The van der Waals surface area contributed by atoms with Crippen LogP contribution >= 0.6 is 11.6 Å². The third kappa shape index (κ3) is 6.30. The number of urea groups is 1. The zero-order valence-corrected chi connectivity index (χ0v) is 14.1. The molecule has 0 heterocycles. The minimum atomic E-state index is -3.04. The van der Waals surface area contributed by atoms with Crippen molar-refractivity contribution in [2.75, 3.05) is 11.6 Å². The molecule has 2 aromatic carbocycles. The Labute approximate surface area is 140 Å². The van der Waals surface area contributed by atoms with E-state index in [2.05, 4.69) is 10.6 Å². The van der Waals surface area contributed by atoms with Gasteiger partial charge in [0.2, 0.25) is 0 Å². The first-order valence-electron chi connectivity index (χ1n) is 6.88. The number of rotatable bonds is 5. The number of amides is 2. The van der Waals surface area contributed by atoms with Gasteiger partial charge in [-0.2, -0.15) is 0 Å². The molecular formula is C16H17ClN2O3S. The Morgan fingerprint density at radius 3 is 2.13 bits per heavy atom. The molecule has 0 saturated heterocycles. The number of carbonyl (C=O) groups is 1. The maximum atomic E-state index is 11.8. The lowest BCUT2D eigenvalue weighted by Gasteiger charge is -2.08. The summed E-state index contributed by atoms with van der Waals surface area (Å²) in [5.74, 6) is 0.0117. The Bertz CT molecular complexity index is 772. The highest BCUT2D eigenvalue weighted by molar-refractivity contribution is 7.89. The summed E-state index contributed by atoms with van der Waals surface area (Å²) in [5, 5.41) is 6.02.